The smallest absolute Gasteiger partial charge is 0.120 e. The van der Waals surface area contributed by atoms with Gasteiger partial charge in [0.05, 0.1) is 5.92 Å². The first-order valence-corrected chi connectivity index (χ1v) is 2.93. The maximum atomic E-state index is 9.72. The van der Waals surface area contributed by atoms with Crippen molar-refractivity contribution in [1.29, 1.82) is 0 Å². The summed E-state index contributed by atoms with van der Waals surface area (Å²) in [6.45, 7) is 1.85. The Kier molecular flexibility index (Phi) is 3.53. The summed E-state index contributed by atoms with van der Waals surface area (Å²) in [6, 6.07) is 0. The fraction of sp³-hybridized carbons (Fsp3) is 0.600. The van der Waals surface area contributed by atoms with Gasteiger partial charge in [0, 0.05) is 4.21 Å². The summed E-state index contributed by atoms with van der Waals surface area (Å²) in [7, 11) is 0. The first-order valence-electron chi connectivity index (χ1n) is 2.02. The Labute approximate surface area is 47.6 Å². The van der Waals surface area contributed by atoms with Crippen molar-refractivity contribution in [3.8, 4) is 12.3 Å². The summed E-state index contributed by atoms with van der Waals surface area (Å²) in [5.74, 6) is 3.10. The van der Waals surface area contributed by atoms with Crippen LogP contribution in [0.4, 0.5) is 0 Å². The highest BCUT2D eigenvalue weighted by molar-refractivity contribution is 7.65. The van der Waals surface area contributed by atoms with Crippen LogP contribution in [0.2, 0.25) is 0 Å². The van der Waals surface area contributed by atoms with Gasteiger partial charge in [-0.2, -0.15) is 0 Å². The van der Waals surface area contributed by atoms with Gasteiger partial charge < -0.3 is 0 Å². The second kappa shape index (κ2) is 3.76. The van der Waals surface area contributed by atoms with E-state index in [1.54, 1.807) is 0 Å². The zero-order valence-electron chi connectivity index (χ0n) is 4.18. The third kappa shape index (κ3) is 3.41. The van der Waals surface area contributed by atoms with Crippen molar-refractivity contribution >= 4 is 11.7 Å². The van der Waals surface area contributed by atoms with Gasteiger partial charge in [0.1, 0.15) is 0 Å². The van der Waals surface area contributed by atoms with Crippen molar-refractivity contribution in [2.45, 2.75) is 6.92 Å². The first kappa shape index (κ1) is 6.58. The Morgan fingerprint density at radius 1 is 2.00 bits per heavy atom. The third-order valence-electron chi connectivity index (χ3n) is 0.603. The molecule has 0 aliphatic rings. The standard InChI is InChI=1S/C5H7OS/c1-3-5(2)4-7-6/h1,5H,4H2,2H3/q+1. The topological polar surface area (TPSA) is 17.1 Å². The van der Waals surface area contributed by atoms with Crippen LogP contribution in [0.25, 0.3) is 0 Å². The Balaban J connectivity index is 3.21. The predicted octanol–water partition coefficient (Wildman–Crippen LogP) is 0.684. The van der Waals surface area contributed by atoms with E-state index in [9.17, 15) is 4.21 Å². The Morgan fingerprint density at radius 2 is 2.57 bits per heavy atom. The van der Waals surface area contributed by atoms with Crippen molar-refractivity contribution in [2.24, 2.45) is 5.92 Å². The predicted molar refractivity (Wildman–Crippen MR) is 30.9 cm³/mol. The van der Waals surface area contributed by atoms with Gasteiger partial charge in [-0.3, -0.25) is 0 Å². The van der Waals surface area contributed by atoms with Crippen molar-refractivity contribution in [3.63, 3.8) is 0 Å². The molecule has 1 atom stereocenters. The summed E-state index contributed by atoms with van der Waals surface area (Å²) in [5.41, 5.74) is 0. The highest BCUT2D eigenvalue weighted by Crippen LogP contribution is 1.87. The minimum Gasteiger partial charge on any atom is -0.120 e. The molecule has 0 aliphatic heterocycles. The fourth-order valence-corrected chi connectivity index (χ4v) is 0.451. The normalized spacial score (nSPS) is 12.0. The molecule has 0 bridgehead atoms. The summed E-state index contributed by atoms with van der Waals surface area (Å²) < 4.78 is 9.72. The molecule has 0 aromatic carbocycles. The molecule has 0 saturated heterocycles. The second-order valence-electron chi connectivity index (χ2n) is 1.35. The van der Waals surface area contributed by atoms with Crippen molar-refractivity contribution < 1.29 is 4.21 Å². The molecule has 0 aromatic rings. The van der Waals surface area contributed by atoms with Crippen LogP contribution in [0, 0.1) is 18.3 Å². The lowest BCUT2D eigenvalue weighted by Gasteiger charge is -1.80. The van der Waals surface area contributed by atoms with E-state index in [0.717, 1.165) is 0 Å². The summed E-state index contributed by atoms with van der Waals surface area (Å²) in [5, 5.41) is 0. The number of hydrogen-bond acceptors (Lipinski definition) is 1. The van der Waals surface area contributed by atoms with E-state index in [1.165, 1.54) is 0 Å². The van der Waals surface area contributed by atoms with Gasteiger partial charge in [-0.05, 0) is 6.92 Å². The van der Waals surface area contributed by atoms with E-state index in [-0.39, 0.29) is 5.92 Å². The Bertz CT molecular complexity index is 92.7. The SMILES string of the molecule is C#CC(C)C[S+]=O. The lowest BCUT2D eigenvalue weighted by atomic mass is 10.2. The molecule has 0 saturated carbocycles. The zero-order valence-corrected chi connectivity index (χ0v) is 4.99. The third-order valence-corrected chi connectivity index (χ3v) is 1.24. The lowest BCUT2D eigenvalue weighted by Crippen LogP contribution is -1.93. The van der Waals surface area contributed by atoms with Crippen LogP contribution in [-0.2, 0) is 15.9 Å². The molecular formula is C5H7OS+. The molecule has 38 valence electrons. The van der Waals surface area contributed by atoms with Gasteiger partial charge in [0.15, 0.2) is 0 Å². The molecule has 0 heterocycles. The second-order valence-corrected chi connectivity index (χ2v) is 1.92. The number of terminal acetylenes is 1. The van der Waals surface area contributed by atoms with Crippen LogP contribution >= 0.6 is 0 Å². The Hall–Kier alpha value is -0.420. The van der Waals surface area contributed by atoms with Crippen LogP contribution in [0.15, 0.2) is 0 Å². The summed E-state index contributed by atoms with van der Waals surface area (Å²) in [6.07, 6.45) is 4.96. The minimum absolute atomic E-state index is 0.127. The Morgan fingerprint density at radius 3 is 2.71 bits per heavy atom. The maximum Gasteiger partial charge on any atom is 0.460 e. The van der Waals surface area contributed by atoms with Crippen molar-refractivity contribution in [1.82, 2.24) is 0 Å². The molecule has 0 N–H and O–H groups in total. The highest BCUT2D eigenvalue weighted by atomic mass is 32.1. The monoisotopic (exact) mass is 115 g/mol. The molecule has 2 heteroatoms. The van der Waals surface area contributed by atoms with Gasteiger partial charge in [-0.1, -0.05) is 5.92 Å². The molecule has 0 fully saturated rings. The number of hydrogen-bond donors (Lipinski definition) is 0. The fourth-order valence-electron chi connectivity index (χ4n) is 0.150. The van der Waals surface area contributed by atoms with Gasteiger partial charge in [0.2, 0.25) is 5.75 Å². The molecule has 1 unspecified atom stereocenters. The molecule has 0 rings (SSSR count). The highest BCUT2D eigenvalue weighted by Gasteiger charge is 2.03. The molecule has 1 nitrogen and oxygen atoms in total. The van der Waals surface area contributed by atoms with E-state index in [4.69, 9.17) is 6.42 Å². The van der Waals surface area contributed by atoms with E-state index in [2.05, 4.69) is 5.92 Å². The largest absolute Gasteiger partial charge is 0.460 e. The van der Waals surface area contributed by atoms with Crippen LogP contribution in [0.3, 0.4) is 0 Å². The lowest BCUT2D eigenvalue weighted by molar-refractivity contribution is 0.602. The molecule has 0 amide bonds. The van der Waals surface area contributed by atoms with Crippen LogP contribution in [-0.4, -0.2) is 5.75 Å². The van der Waals surface area contributed by atoms with E-state index in [0.29, 0.717) is 17.4 Å². The summed E-state index contributed by atoms with van der Waals surface area (Å²) in [4.78, 5) is 0. The van der Waals surface area contributed by atoms with E-state index >= 15 is 0 Å². The van der Waals surface area contributed by atoms with Crippen molar-refractivity contribution in [2.75, 3.05) is 5.75 Å². The maximum absolute atomic E-state index is 9.72. The van der Waals surface area contributed by atoms with Crippen molar-refractivity contribution in [3.05, 3.63) is 0 Å². The van der Waals surface area contributed by atoms with Gasteiger partial charge in [0.25, 0.3) is 0 Å². The van der Waals surface area contributed by atoms with Crippen LogP contribution in [0.1, 0.15) is 6.92 Å². The molecular weight excluding hydrogens is 108 g/mol. The molecule has 0 spiro atoms. The molecule has 0 radical (unpaired) electrons. The van der Waals surface area contributed by atoms with Crippen LogP contribution < -0.4 is 0 Å². The van der Waals surface area contributed by atoms with Gasteiger partial charge >= 0.3 is 11.7 Å². The molecule has 0 aromatic heterocycles. The molecule has 0 aliphatic carbocycles. The van der Waals surface area contributed by atoms with E-state index < -0.39 is 0 Å². The average Bonchev–Trinajstić information content (AvgIpc) is 1.68. The zero-order chi connectivity index (χ0) is 5.70. The first-order chi connectivity index (χ1) is 3.31. The summed E-state index contributed by atoms with van der Waals surface area (Å²) >= 11 is 0.542. The quantitative estimate of drug-likeness (QED) is 0.382. The molecule has 7 heavy (non-hydrogen) atoms. The number of rotatable bonds is 2. The van der Waals surface area contributed by atoms with E-state index in [1.807, 2.05) is 6.92 Å². The van der Waals surface area contributed by atoms with Crippen LogP contribution in [0.5, 0.6) is 0 Å². The minimum atomic E-state index is 0.127. The van der Waals surface area contributed by atoms with Gasteiger partial charge in [-0.15, -0.1) is 6.42 Å². The van der Waals surface area contributed by atoms with Gasteiger partial charge in [-0.25, -0.2) is 0 Å². The average molecular weight is 115 g/mol.